The molecule has 0 radical (unpaired) electrons. The van der Waals surface area contributed by atoms with E-state index in [1.165, 1.54) is 5.69 Å². The Morgan fingerprint density at radius 2 is 1.86 bits per heavy atom. The Bertz CT molecular complexity index is 294. The fraction of sp³-hybridized carbons (Fsp3) is 0.818. The predicted molar refractivity (Wildman–Crippen MR) is 58.4 cm³/mol. The Kier molecular flexibility index (Phi) is 3.29. The lowest BCUT2D eigenvalue weighted by Gasteiger charge is -2.17. The van der Waals surface area contributed by atoms with Crippen LogP contribution in [0.2, 0.25) is 0 Å². The lowest BCUT2D eigenvalue weighted by Crippen LogP contribution is -2.15. The maximum Gasteiger partial charge on any atom is 0.0912 e. The lowest BCUT2D eigenvalue weighted by molar-refractivity contribution is 0.557. The Morgan fingerprint density at radius 1 is 1.21 bits per heavy atom. The maximum atomic E-state index is 4.29. The topological polar surface area (TPSA) is 30.7 Å². The van der Waals surface area contributed by atoms with E-state index in [1.807, 2.05) is 4.68 Å². The van der Waals surface area contributed by atoms with E-state index in [1.54, 1.807) is 0 Å². The van der Waals surface area contributed by atoms with Crippen molar-refractivity contribution in [2.24, 2.45) is 0 Å². The van der Waals surface area contributed by atoms with Gasteiger partial charge < -0.3 is 0 Å². The van der Waals surface area contributed by atoms with Crippen molar-refractivity contribution < 1.29 is 0 Å². The summed E-state index contributed by atoms with van der Waals surface area (Å²) in [5, 5.41) is 8.48. The molecule has 80 valence electrons. The first-order chi connectivity index (χ1) is 6.50. The quantitative estimate of drug-likeness (QED) is 0.742. The SMILES string of the molecule is CCCc1c(C(C)(C)C)nnn1CC. The third-order valence-electron chi connectivity index (χ3n) is 2.33. The van der Waals surface area contributed by atoms with E-state index in [4.69, 9.17) is 0 Å². The first-order valence-electron chi connectivity index (χ1n) is 5.43. The van der Waals surface area contributed by atoms with Gasteiger partial charge in [0, 0.05) is 12.0 Å². The molecule has 0 spiro atoms. The summed E-state index contributed by atoms with van der Waals surface area (Å²) in [6, 6.07) is 0. The van der Waals surface area contributed by atoms with E-state index in [9.17, 15) is 0 Å². The molecule has 1 aromatic rings. The van der Waals surface area contributed by atoms with Gasteiger partial charge in [0.05, 0.1) is 11.4 Å². The molecule has 0 unspecified atom stereocenters. The van der Waals surface area contributed by atoms with Gasteiger partial charge in [-0.2, -0.15) is 0 Å². The van der Waals surface area contributed by atoms with Crippen LogP contribution < -0.4 is 0 Å². The first-order valence-corrected chi connectivity index (χ1v) is 5.43. The van der Waals surface area contributed by atoms with Gasteiger partial charge in [0.25, 0.3) is 0 Å². The molecule has 1 heterocycles. The van der Waals surface area contributed by atoms with Crippen LogP contribution in [0.15, 0.2) is 0 Å². The molecule has 0 saturated carbocycles. The Labute approximate surface area is 86.5 Å². The van der Waals surface area contributed by atoms with Crippen molar-refractivity contribution in [3.8, 4) is 0 Å². The van der Waals surface area contributed by atoms with Crippen LogP contribution in [-0.2, 0) is 18.4 Å². The molecule has 0 fully saturated rings. The van der Waals surface area contributed by atoms with Crippen molar-refractivity contribution in [2.45, 2.75) is 59.4 Å². The molecule has 0 aliphatic carbocycles. The van der Waals surface area contributed by atoms with Gasteiger partial charge in [-0.05, 0) is 13.3 Å². The summed E-state index contributed by atoms with van der Waals surface area (Å²) in [7, 11) is 0. The molecule has 0 aromatic carbocycles. The average Bonchev–Trinajstić information content (AvgIpc) is 2.47. The van der Waals surface area contributed by atoms with E-state index in [2.05, 4.69) is 44.9 Å². The van der Waals surface area contributed by atoms with Gasteiger partial charge in [-0.15, -0.1) is 5.10 Å². The van der Waals surface area contributed by atoms with Gasteiger partial charge in [0.15, 0.2) is 0 Å². The van der Waals surface area contributed by atoms with Crippen LogP contribution in [0, 0.1) is 0 Å². The predicted octanol–water partition coefficient (Wildman–Crippen LogP) is 2.55. The Balaban J connectivity index is 3.10. The molecular weight excluding hydrogens is 174 g/mol. The van der Waals surface area contributed by atoms with E-state index in [-0.39, 0.29) is 5.41 Å². The number of rotatable bonds is 3. The van der Waals surface area contributed by atoms with E-state index >= 15 is 0 Å². The zero-order valence-corrected chi connectivity index (χ0v) is 9.96. The second kappa shape index (κ2) is 4.11. The third kappa shape index (κ3) is 2.14. The molecule has 1 aromatic heterocycles. The lowest BCUT2D eigenvalue weighted by atomic mass is 9.90. The van der Waals surface area contributed by atoms with Crippen LogP contribution >= 0.6 is 0 Å². The molecule has 0 N–H and O–H groups in total. The number of nitrogens with zero attached hydrogens (tertiary/aromatic N) is 3. The summed E-state index contributed by atoms with van der Waals surface area (Å²) < 4.78 is 2.02. The van der Waals surface area contributed by atoms with Gasteiger partial charge in [-0.25, -0.2) is 4.68 Å². The molecule has 0 amide bonds. The zero-order chi connectivity index (χ0) is 10.8. The average molecular weight is 195 g/mol. The minimum atomic E-state index is 0.109. The van der Waals surface area contributed by atoms with E-state index in [0.717, 1.165) is 25.1 Å². The summed E-state index contributed by atoms with van der Waals surface area (Å²) in [4.78, 5) is 0. The standard InChI is InChI=1S/C11H21N3/c1-6-8-9-10(11(3,4)5)12-13-14(9)7-2/h6-8H2,1-5H3. The molecule has 0 atom stereocenters. The smallest absolute Gasteiger partial charge is 0.0912 e. The van der Waals surface area contributed by atoms with Gasteiger partial charge in [0.1, 0.15) is 0 Å². The minimum Gasteiger partial charge on any atom is -0.249 e. The van der Waals surface area contributed by atoms with E-state index < -0.39 is 0 Å². The van der Waals surface area contributed by atoms with Crippen LogP contribution in [0.3, 0.4) is 0 Å². The molecule has 0 bridgehead atoms. The highest BCUT2D eigenvalue weighted by atomic mass is 15.4. The molecule has 0 aliphatic heterocycles. The third-order valence-corrected chi connectivity index (χ3v) is 2.33. The highest BCUT2D eigenvalue weighted by Crippen LogP contribution is 2.24. The molecule has 3 nitrogen and oxygen atoms in total. The summed E-state index contributed by atoms with van der Waals surface area (Å²) in [5.41, 5.74) is 2.57. The van der Waals surface area contributed by atoms with Crippen LogP contribution in [0.25, 0.3) is 0 Å². The van der Waals surface area contributed by atoms with Crippen LogP contribution in [0.4, 0.5) is 0 Å². The number of hydrogen-bond donors (Lipinski definition) is 0. The molecule has 3 heteroatoms. The fourth-order valence-corrected chi connectivity index (χ4v) is 1.65. The second-order valence-electron chi connectivity index (χ2n) is 4.70. The molecule has 0 aliphatic rings. The second-order valence-corrected chi connectivity index (χ2v) is 4.70. The summed E-state index contributed by atoms with van der Waals surface area (Å²) in [5.74, 6) is 0. The van der Waals surface area contributed by atoms with Crippen LogP contribution in [0.1, 0.15) is 52.4 Å². The number of aromatic nitrogens is 3. The van der Waals surface area contributed by atoms with Crippen molar-refractivity contribution in [1.82, 2.24) is 15.0 Å². The highest BCUT2D eigenvalue weighted by molar-refractivity contribution is 5.18. The maximum absolute atomic E-state index is 4.29. The van der Waals surface area contributed by atoms with Gasteiger partial charge >= 0.3 is 0 Å². The zero-order valence-electron chi connectivity index (χ0n) is 9.96. The van der Waals surface area contributed by atoms with Crippen LogP contribution in [0.5, 0.6) is 0 Å². The largest absolute Gasteiger partial charge is 0.249 e. The highest BCUT2D eigenvalue weighted by Gasteiger charge is 2.23. The monoisotopic (exact) mass is 195 g/mol. The number of hydrogen-bond acceptors (Lipinski definition) is 2. The minimum absolute atomic E-state index is 0.109. The molecular formula is C11H21N3. The van der Waals surface area contributed by atoms with Gasteiger partial charge in [0.2, 0.25) is 0 Å². The fourth-order valence-electron chi connectivity index (χ4n) is 1.65. The molecule has 0 saturated heterocycles. The van der Waals surface area contributed by atoms with Gasteiger partial charge in [-0.3, -0.25) is 0 Å². The van der Waals surface area contributed by atoms with Crippen molar-refractivity contribution in [3.63, 3.8) is 0 Å². The van der Waals surface area contributed by atoms with E-state index in [0.29, 0.717) is 0 Å². The number of aryl methyl sites for hydroxylation is 1. The van der Waals surface area contributed by atoms with Crippen LogP contribution in [-0.4, -0.2) is 15.0 Å². The molecule has 14 heavy (non-hydrogen) atoms. The van der Waals surface area contributed by atoms with Crippen molar-refractivity contribution in [1.29, 1.82) is 0 Å². The summed E-state index contributed by atoms with van der Waals surface area (Å²) >= 11 is 0. The Hall–Kier alpha value is -0.860. The normalized spacial score (nSPS) is 12.1. The van der Waals surface area contributed by atoms with Crippen molar-refractivity contribution in [2.75, 3.05) is 0 Å². The van der Waals surface area contributed by atoms with Crippen molar-refractivity contribution >= 4 is 0 Å². The van der Waals surface area contributed by atoms with Gasteiger partial charge in [-0.1, -0.05) is 39.3 Å². The summed E-state index contributed by atoms with van der Waals surface area (Å²) in [6.45, 7) is 11.8. The first kappa shape index (κ1) is 11.2. The molecule has 1 rings (SSSR count). The van der Waals surface area contributed by atoms with Crippen molar-refractivity contribution in [3.05, 3.63) is 11.4 Å². The Morgan fingerprint density at radius 3 is 2.29 bits per heavy atom. The summed E-state index contributed by atoms with van der Waals surface area (Å²) in [6.07, 6.45) is 2.23.